The zero-order valence-electron chi connectivity index (χ0n) is 7.42. The van der Waals surface area contributed by atoms with E-state index in [2.05, 4.69) is 30.6 Å². The summed E-state index contributed by atoms with van der Waals surface area (Å²) in [6, 6.07) is 0.767. The lowest BCUT2D eigenvalue weighted by Crippen LogP contribution is -2.38. The van der Waals surface area contributed by atoms with Crippen LogP contribution in [0.5, 0.6) is 0 Å². The second-order valence-electron chi connectivity index (χ2n) is 3.20. The molecule has 1 saturated heterocycles. The van der Waals surface area contributed by atoms with Gasteiger partial charge in [-0.1, -0.05) is 6.92 Å². The smallest absolute Gasteiger partial charge is 0.0217 e. The van der Waals surface area contributed by atoms with Crippen LogP contribution >= 0.6 is 11.8 Å². The standard InChI is InChI=1S/C8H18N2S/c1-7-8(3-6-11-7)10(2)5-4-9/h7-8H,3-6,9H2,1-2H3. The maximum absolute atomic E-state index is 5.49. The molecule has 2 nitrogen and oxygen atoms in total. The molecule has 1 aliphatic heterocycles. The molecule has 0 amide bonds. The number of nitrogens with two attached hydrogens (primary N) is 1. The molecule has 2 unspecified atom stereocenters. The molecule has 0 aromatic carbocycles. The summed E-state index contributed by atoms with van der Waals surface area (Å²) in [5.74, 6) is 1.32. The average molecular weight is 174 g/mol. The summed E-state index contributed by atoms with van der Waals surface area (Å²) < 4.78 is 0. The lowest BCUT2D eigenvalue weighted by atomic mass is 10.1. The maximum Gasteiger partial charge on any atom is 0.0217 e. The summed E-state index contributed by atoms with van der Waals surface area (Å²) in [7, 11) is 2.18. The van der Waals surface area contributed by atoms with E-state index in [9.17, 15) is 0 Å². The number of hydrogen-bond donors (Lipinski definition) is 1. The first kappa shape index (κ1) is 9.36. The quantitative estimate of drug-likeness (QED) is 0.685. The molecule has 2 atom stereocenters. The van der Waals surface area contributed by atoms with Gasteiger partial charge in [-0.2, -0.15) is 11.8 Å². The van der Waals surface area contributed by atoms with Crippen LogP contribution in [-0.2, 0) is 0 Å². The fourth-order valence-electron chi connectivity index (χ4n) is 1.67. The van der Waals surface area contributed by atoms with Crippen molar-refractivity contribution in [3.63, 3.8) is 0 Å². The van der Waals surface area contributed by atoms with Gasteiger partial charge in [0.2, 0.25) is 0 Å². The van der Waals surface area contributed by atoms with Gasteiger partial charge in [-0.15, -0.1) is 0 Å². The highest BCUT2D eigenvalue weighted by atomic mass is 32.2. The van der Waals surface area contributed by atoms with Crippen LogP contribution in [-0.4, -0.2) is 42.1 Å². The Morgan fingerprint density at radius 3 is 2.82 bits per heavy atom. The molecule has 1 fully saturated rings. The van der Waals surface area contributed by atoms with Gasteiger partial charge in [0.15, 0.2) is 0 Å². The number of rotatable bonds is 3. The van der Waals surface area contributed by atoms with Gasteiger partial charge in [0.25, 0.3) is 0 Å². The summed E-state index contributed by atoms with van der Waals surface area (Å²) >= 11 is 2.08. The Bertz CT molecular complexity index is 119. The Kier molecular flexibility index (Phi) is 3.69. The molecule has 3 heteroatoms. The summed E-state index contributed by atoms with van der Waals surface area (Å²) in [6.45, 7) is 4.13. The molecule has 66 valence electrons. The minimum atomic E-state index is 0.767. The molecule has 0 aromatic heterocycles. The van der Waals surface area contributed by atoms with Gasteiger partial charge in [0, 0.05) is 24.4 Å². The zero-order valence-corrected chi connectivity index (χ0v) is 8.23. The lowest BCUT2D eigenvalue weighted by Gasteiger charge is -2.26. The van der Waals surface area contributed by atoms with E-state index in [4.69, 9.17) is 5.73 Å². The fourth-order valence-corrected chi connectivity index (χ4v) is 2.98. The van der Waals surface area contributed by atoms with Crippen LogP contribution in [0, 0.1) is 0 Å². The van der Waals surface area contributed by atoms with Crippen LogP contribution in [0.15, 0.2) is 0 Å². The minimum absolute atomic E-state index is 0.767. The first-order valence-corrected chi connectivity index (χ1v) is 5.32. The van der Waals surface area contributed by atoms with Crippen LogP contribution in [0.1, 0.15) is 13.3 Å². The van der Waals surface area contributed by atoms with Crippen molar-refractivity contribution in [3.8, 4) is 0 Å². The number of nitrogens with zero attached hydrogens (tertiary/aromatic N) is 1. The van der Waals surface area contributed by atoms with E-state index in [1.807, 2.05) is 0 Å². The van der Waals surface area contributed by atoms with Gasteiger partial charge in [-0.25, -0.2) is 0 Å². The van der Waals surface area contributed by atoms with Crippen molar-refractivity contribution < 1.29 is 0 Å². The van der Waals surface area contributed by atoms with Crippen molar-refractivity contribution >= 4 is 11.8 Å². The topological polar surface area (TPSA) is 29.3 Å². The molecule has 0 aliphatic carbocycles. The van der Waals surface area contributed by atoms with E-state index in [0.717, 1.165) is 24.4 Å². The highest BCUT2D eigenvalue weighted by Gasteiger charge is 2.26. The third kappa shape index (κ3) is 2.36. The molecule has 0 spiro atoms. The molecule has 0 radical (unpaired) electrons. The van der Waals surface area contributed by atoms with E-state index in [0.29, 0.717) is 0 Å². The van der Waals surface area contributed by atoms with Crippen molar-refractivity contribution in [2.75, 3.05) is 25.9 Å². The maximum atomic E-state index is 5.49. The molecule has 0 aromatic rings. The predicted molar refractivity (Wildman–Crippen MR) is 52.0 cm³/mol. The van der Waals surface area contributed by atoms with Crippen molar-refractivity contribution in [3.05, 3.63) is 0 Å². The van der Waals surface area contributed by atoms with Crippen molar-refractivity contribution in [2.45, 2.75) is 24.6 Å². The first-order valence-electron chi connectivity index (χ1n) is 4.27. The van der Waals surface area contributed by atoms with E-state index >= 15 is 0 Å². The van der Waals surface area contributed by atoms with Gasteiger partial charge >= 0.3 is 0 Å². The molecule has 1 heterocycles. The third-order valence-electron chi connectivity index (χ3n) is 2.38. The molecule has 1 rings (SSSR count). The van der Waals surface area contributed by atoms with Gasteiger partial charge < -0.3 is 10.6 Å². The lowest BCUT2D eigenvalue weighted by molar-refractivity contribution is 0.249. The predicted octanol–water partition coefficient (Wildman–Crippen LogP) is 0.771. The van der Waals surface area contributed by atoms with Crippen LogP contribution in [0.4, 0.5) is 0 Å². The Morgan fingerprint density at radius 1 is 1.64 bits per heavy atom. The van der Waals surface area contributed by atoms with E-state index in [1.54, 1.807) is 0 Å². The number of hydrogen-bond acceptors (Lipinski definition) is 3. The average Bonchev–Trinajstić information content (AvgIpc) is 2.36. The molecule has 11 heavy (non-hydrogen) atoms. The van der Waals surface area contributed by atoms with Crippen molar-refractivity contribution in [1.82, 2.24) is 4.90 Å². The van der Waals surface area contributed by atoms with Crippen LogP contribution in [0.2, 0.25) is 0 Å². The number of thioether (sulfide) groups is 1. The van der Waals surface area contributed by atoms with E-state index < -0.39 is 0 Å². The molecule has 2 N–H and O–H groups in total. The molecular weight excluding hydrogens is 156 g/mol. The fraction of sp³-hybridized carbons (Fsp3) is 1.00. The third-order valence-corrected chi connectivity index (χ3v) is 3.70. The van der Waals surface area contributed by atoms with E-state index in [-0.39, 0.29) is 0 Å². The Morgan fingerprint density at radius 2 is 2.36 bits per heavy atom. The van der Waals surface area contributed by atoms with Crippen molar-refractivity contribution in [1.29, 1.82) is 0 Å². The largest absolute Gasteiger partial charge is 0.329 e. The molecular formula is C8H18N2S. The first-order chi connectivity index (χ1) is 5.25. The van der Waals surface area contributed by atoms with Crippen LogP contribution in [0.25, 0.3) is 0 Å². The summed E-state index contributed by atoms with van der Waals surface area (Å²) in [5.41, 5.74) is 5.49. The molecule has 1 aliphatic rings. The van der Waals surface area contributed by atoms with E-state index in [1.165, 1.54) is 12.2 Å². The monoisotopic (exact) mass is 174 g/mol. The van der Waals surface area contributed by atoms with Crippen LogP contribution in [0.3, 0.4) is 0 Å². The highest BCUT2D eigenvalue weighted by Crippen LogP contribution is 2.29. The van der Waals surface area contributed by atoms with Gasteiger partial charge in [0.1, 0.15) is 0 Å². The minimum Gasteiger partial charge on any atom is -0.329 e. The Hall–Kier alpha value is 0.270. The van der Waals surface area contributed by atoms with Crippen molar-refractivity contribution in [2.24, 2.45) is 5.73 Å². The SMILES string of the molecule is CC1SCCC1N(C)CCN. The van der Waals surface area contributed by atoms with Gasteiger partial charge in [0.05, 0.1) is 0 Å². The Balaban J connectivity index is 2.33. The second-order valence-corrected chi connectivity index (χ2v) is 4.69. The summed E-state index contributed by atoms with van der Waals surface area (Å²) in [5, 5.41) is 0.798. The summed E-state index contributed by atoms with van der Waals surface area (Å²) in [4.78, 5) is 2.39. The molecule has 0 saturated carbocycles. The highest BCUT2D eigenvalue weighted by molar-refractivity contribution is 8.00. The molecule has 0 bridgehead atoms. The summed E-state index contributed by atoms with van der Waals surface area (Å²) in [6.07, 6.45) is 1.34. The van der Waals surface area contributed by atoms with Gasteiger partial charge in [-0.3, -0.25) is 0 Å². The number of likely N-dealkylation sites (N-methyl/N-ethyl adjacent to an activating group) is 1. The zero-order chi connectivity index (χ0) is 8.27. The van der Waals surface area contributed by atoms with Gasteiger partial charge in [-0.05, 0) is 19.2 Å². The van der Waals surface area contributed by atoms with Crippen LogP contribution < -0.4 is 5.73 Å². The Labute approximate surface area is 73.5 Å². The normalized spacial score (nSPS) is 31.6. The second kappa shape index (κ2) is 4.33.